The van der Waals surface area contributed by atoms with Crippen LogP contribution in [0.15, 0.2) is 28.8 Å². The Kier molecular flexibility index (Phi) is 3.49. The Morgan fingerprint density at radius 1 is 1.35 bits per heavy atom. The number of nitrogens with one attached hydrogen (secondary N) is 1. The van der Waals surface area contributed by atoms with Crippen molar-refractivity contribution >= 4 is 0 Å². The van der Waals surface area contributed by atoms with E-state index in [9.17, 15) is 8.78 Å². The molecule has 0 saturated heterocycles. The first-order valence-electron chi connectivity index (χ1n) is 5.26. The van der Waals surface area contributed by atoms with Crippen molar-refractivity contribution in [1.29, 1.82) is 0 Å². The third-order valence-corrected chi connectivity index (χ3v) is 2.36. The number of hydrogen-bond donors (Lipinski definition) is 1. The van der Waals surface area contributed by atoms with Crippen molar-refractivity contribution in [1.82, 2.24) is 10.3 Å². The second-order valence-electron chi connectivity index (χ2n) is 3.57. The van der Waals surface area contributed by atoms with Crippen LogP contribution in [0.1, 0.15) is 5.89 Å². The van der Waals surface area contributed by atoms with Crippen molar-refractivity contribution in [3.63, 3.8) is 0 Å². The van der Waals surface area contributed by atoms with Gasteiger partial charge in [-0.3, -0.25) is 0 Å². The molecule has 0 saturated carbocycles. The minimum absolute atomic E-state index is 0.0909. The highest BCUT2D eigenvalue weighted by Gasteiger charge is 2.13. The van der Waals surface area contributed by atoms with Gasteiger partial charge in [-0.25, -0.2) is 13.8 Å². The maximum absolute atomic E-state index is 13.5. The van der Waals surface area contributed by atoms with Crippen LogP contribution in [0, 0.1) is 11.6 Å². The lowest BCUT2D eigenvalue weighted by molar-refractivity contribution is 0.485. The summed E-state index contributed by atoms with van der Waals surface area (Å²) in [6.45, 7) is 0.714. The lowest BCUT2D eigenvalue weighted by atomic mass is 10.2. The van der Waals surface area contributed by atoms with E-state index in [4.69, 9.17) is 4.42 Å². The lowest BCUT2D eigenvalue weighted by Gasteiger charge is -1.99. The van der Waals surface area contributed by atoms with E-state index in [1.165, 1.54) is 18.3 Å². The smallest absolute Gasteiger partial charge is 0.196 e. The van der Waals surface area contributed by atoms with E-state index in [1.807, 2.05) is 7.05 Å². The molecule has 0 unspecified atom stereocenters. The van der Waals surface area contributed by atoms with Crippen molar-refractivity contribution in [2.24, 2.45) is 0 Å². The fraction of sp³-hybridized carbons (Fsp3) is 0.250. The number of rotatable bonds is 4. The number of oxazole rings is 1. The average molecular weight is 238 g/mol. The standard InChI is InChI=1S/C12H12F2N2O/c1-15-6-5-11-16-7-10(17-11)8-3-2-4-9(13)12(8)14/h2-4,7,15H,5-6H2,1H3. The topological polar surface area (TPSA) is 38.1 Å². The van der Waals surface area contributed by atoms with Crippen molar-refractivity contribution < 1.29 is 13.2 Å². The number of nitrogens with zero attached hydrogens (tertiary/aromatic N) is 1. The van der Waals surface area contributed by atoms with Crippen molar-refractivity contribution in [3.05, 3.63) is 41.9 Å². The third-order valence-electron chi connectivity index (χ3n) is 2.36. The van der Waals surface area contributed by atoms with E-state index in [1.54, 1.807) is 0 Å². The molecule has 0 radical (unpaired) electrons. The van der Waals surface area contributed by atoms with Gasteiger partial charge in [0.05, 0.1) is 11.8 Å². The Labute approximate surface area is 97.5 Å². The van der Waals surface area contributed by atoms with Crippen molar-refractivity contribution in [2.75, 3.05) is 13.6 Å². The molecule has 0 atom stereocenters. The molecule has 17 heavy (non-hydrogen) atoms. The number of benzene rings is 1. The molecule has 0 fully saturated rings. The molecule has 90 valence electrons. The Hall–Kier alpha value is -1.75. The molecule has 0 aliphatic heterocycles. The van der Waals surface area contributed by atoms with Crippen LogP contribution in [0.3, 0.4) is 0 Å². The molecule has 3 nitrogen and oxygen atoms in total. The van der Waals surface area contributed by atoms with Crippen LogP contribution in [-0.4, -0.2) is 18.6 Å². The Morgan fingerprint density at radius 3 is 2.94 bits per heavy atom. The summed E-state index contributed by atoms with van der Waals surface area (Å²) in [6.07, 6.45) is 2.01. The molecule has 1 N–H and O–H groups in total. The molecule has 1 heterocycles. The van der Waals surface area contributed by atoms with Gasteiger partial charge in [0.2, 0.25) is 0 Å². The van der Waals surface area contributed by atoms with Crippen LogP contribution < -0.4 is 5.32 Å². The molecule has 1 aromatic heterocycles. The number of hydrogen-bond acceptors (Lipinski definition) is 3. The summed E-state index contributed by atoms with van der Waals surface area (Å²) in [6, 6.07) is 3.96. The molecule has 0 aliphatic rings. The summed E-state index contributed by atoms with van der Waals surface area (Å²) in [5.74, 6) is -1.06. The van der Waals surface area contributed by atoms with Gasteiger partial charge >= 0.3 is 0 Å². The van der Waals surface area contributed by atoms with Crippen LogP contribution >= 0.6 is 0 Å². The van der Waals surface area contributed by atoms with E-state index in [2.05, 4.69) is 10.3 Å². The summed E-state index contributed by atoms with van der Waals surface area (Å²) >= 11 is 0. The minimum Gasteiger partial charge on any atom is -0.441 e. The zero-order valence-corrected chi connectivity index (χ0v) is 9.34. The molecule has 2 aromatic rings. The number of aromatic nitrogens is 1. The van der Waals surface area contributed by atoms with Gasteiger partial charge in [0.25, 0.3) is 0 Å². The number of likely N-dealkylation sites (N-methyl/N-ethyl adjacent to an activating group) is 1. The summed E-state index contributed by atoms with van der Waals surface area (Å²) < 4.78 is 31.9. The molecule has 0 bridgehead atoms. The highest BCUT2D eigenvalue weighted by atomic mass is 19.2. The number of halogens is 2. The van der Waals surface area contributed by atoms with E-state index in [0.29, 0.717) is 18.9 Å². The predicted molar refractivity (Wildman–Crippen MR) is 59.5 cm³/mol. The SMILES string of the molecule is CNCCc1ncc(-c2cccc(F)c2F)o1. The first kappa shape index (κ1) is 11.7. The minimum atomic E-state index is -0.913. The van der Waals surface area contributed by atoms with Crippen LogP contribution in [-0.2, 0) is 6.42 Å². The predicted octanol–water partition coefficient (Wildman–Crippen LogP) is 2.38. The van der Waals surface area contributed by atoms with E-state index < -0.39 is 11.6 Å². The van der Waals surface area contributed by atoms with Gasteiger partial charge in [-0.1, -0.05) is 6.07 Å². The van der Waals surface area contributed by atoms with Crippen LogP contribution in [0.4, 0.5) is 8.78 Å². The summed E-state index contributed by atoms with van der Waals surface area (Å²) in [7, 11) is 1.82. The van der Waals surface area contributed by atoms with Gasteiger partial charge < -0.3 is 9.73 Å². The fourth-order valence-corrected chi connectivity index (χ4v) is 1.48. The molecular weight excluding hydrogens is 226 g/mol. The summed E-state index contributed by atoms with van der Waals surface area (Å²) in [4.78, 5) is 4.01. The lowest BCUT2D eigenvalue weighted by Crippen LogP contribution is -2.10. The summed E-state index contributed by atoms with van der Waals surface area (Å²) in [5.41, 5.74) is 0.0909. The average Bonchev–Trinajstić information content (AvgIpc) is 2.78. The van der Waals surface area contributed by atoms with Crippen molar-refractivity contribution in [2.45, 2.75) is 6.42 Å². The zero-order valence-electron chi connectivity index (χ0n) is 9.34. The van der Waals surface area contributed by atoms with Gasteiger partial charge in [0.15, 0.2) is 23.3 Å². The quantitative estimate of drug-likeness (QED) is 0.888. The third kappa shape index (κ3) is 2.50. The van der Waals surface area contributed by atoms with Gasteiger partial charge in [0.1, 0.15) is 0 Å². The molecule has 0 spiro atoms. The first-order chi connectivity index (χ1) is 8.22. The molecule has 1 aromatic carbocycles. The molecule has 0 amide bonds. The molecule has 0 aliphatic carbocycles. The van der Waals surface area contributed by atoms with Gasteiger partial charge in [0, 0.05) is 13.0 Å². The normalized spacial score (nSPS) is 10.8. The molecule has 2 rings (SSSR count). The molecular formula is C12H12F2N2O. The first-order valence-corrected chi connectivity index (χ1v) is 5.26. The van der Waals surface area contributed by atoms with Crippen molar-refractivity contribution in [3.8, 4) is 11.3 Å². The maximum atomic E-state index is 13.5. The Morgan fingerprint density at radius 2 is 2.18 bits per heavy atom. The van der Waals surface area contributed by atoms with E-state index >= 15 is 0 Å². The largest absolute Gasteiger partial charge is 0.441 e. The van der Waals surface area contributed by atoms with Gasteiger partial charge in [-0.05, 0) is 19.2 Å². The highest BCUT2D eigenvalue weighted by molar-refractivity contribution is 5.57. The van der Waals surface area contributed by atoms with Gasteiger partial charge in [-0.15, -0.1) is 0 Å². The van der Waals surface area contributed by atoms with E-state index in [0.717, 1.165) is 6.07 Å². The summed E-state index contributed by atoms with van der Waals surface area (Å²) in [5, 5.41) is 2.95. The van der Waals surface area contributed by atoms with Gasteiger partial charge in [-0.2, -0.15) is 0 Å². The van der Waals surface area contributed by atoms with Crippen LogP contribution in [0.25, 0.3) is 11.3 Å². The second kappa shape index (κ2) is 5.05. The monoisotopic (exact) mass is 238 g/mol. The Bertz CT molecular complexity index is 511. The van der Waals surface area contributed by atoms with Crippen LogP contribution in [0.2, 0.25) is 0 Å². The highest BCUT2D eigenvalue weighted by Crippen LogP contribution is 2.25. The maximum Gasteiger partial charge on any atom is 0.196 e. The van der Waals surface area contributed by atoms with Crippen LogP contribution in [0.5, 0.6) is 0 Å². The fourth-order valence-electron chi connectivity index (χ4n) is 1.48. The second-order valence-corrected chi connectivity index (χ2v) is 3.57. The van der Waals surface area contributed by atoms with E-state index in [-0.39, 0.29) is 11.3 Å². The molecule has 5 heteroatoms. The Balaban J connectivity index is 2.27. The zero-order chi connectivity index (χ0) is 12.3.